The van der Waals surface area contributed by atoms with Crippen LogP contribution in [0.15, 0.2) is 54.6 Å². The second-order valence-corrected chi connectivity index (χ2v) is 5.23. The number of fused-ring (bicyclic) bond motifs is 1. The molecule has 106 valence electrons. The maximum atomic E-state index is 4.91. The normalized spacial score (nSPS) is 10.8. The molecule has 1 aromatic heterocycles. The summed E-state index contributed by atoms with van der Waals surface area (Å²) in [5, 5.41) is 4.49. The van der Waals surface area contributed by atoms with E-state index in [0.717, 1.165) is 29.7 Å². The summed E-state index contributed by atoms with van der Waals surface area (Å²) in [5.74, 6) is 0. The Kier molecular flexibility index (Phi) is 3.87. The van der Waals surface area contributed by atoms with Crippen molar-refractivity contribution in [2.24, 2.45) is 0 Å². The second-order valence-electron chi connectivity index (χ2n) is 5.23. The third kappa shape index (κ3) is 2.62. The highest BCUT2D eigenvalue weighted by atomic mass is 14.8. The highest BCUT2D eigenvalue weighted by Gasteiger charge is 2.09. The van der Waals surface area contributed by atoms with Gasteiger partial charge in [-0.1, -0.05) is 61.9 Å². The van der Waals surface area contributed by atoms with Crippen molar-refractivity contribution < 1.29 is 0 Å². The molecule has 0 aliphatic carbocycles. The summed E-state index contributed by atoms with van der Waals surface area (Å²) in [6.45, 7) is 2.19. The largest absolute Gasteiger partial charge is 0.388 e. The Morgan fingerprint density at radius 3 is 2.52 bits per heavy atom. The van der Waals surface area contributed by atoms with Gasteiger partial charge in [-0.2, -0.15) is 0 Å². The Bertz CT molecular complexity index is 748. The third-order valence-corrected chi connectivity index (χ3v) is 3.75. The average molecular weight is 276 g/mol. The summed E-state index contributed by atoms with van der Waals surface area (Å²) >= 11 is 0. The van der Waals surface area contributed by atoms with Gasteiger partial charge in [0.1, 0.15) is 0 Å². The van der Waals surface area contributed by atoms with Gasteiger partial charge in [-0.25, -0.2) is 0 Å². The first kappa shape index (κ1) is 13.6. The van der Waals surface area contributed by atoms with Crippen LogP contribution in [0.1, 0.15) is 19.0 Å². The van der Waals surface area contributed by atoms with Crippen molar-refractivity contribution >= 4 is 16.6 Å². The van der Waals surface area contributed by atoms with Crippen LogP contribution in [0.5, 0.6) is 0 Å². The topological polar surface area (TPSA) is 24.9 Å². The predicted octanol–water partition coefficient (Wildman–Crippen LogP) is 4.90. The van der Waals surface area contributed by atoms with Crippen LogP contribution in [0.3, 0.4) is 0 Å². The molecule has 21 heavy (non-hydrogen) atoms. The number of hydrogen-bond acceptors (Lipinski definition) is 2. The lowest BCUT2D eigenvalue weighted by molar-refractivity contribution is 0.890. The van der Waals surface area contributed by atoms with Gasteiger partial charge in [0.05, 0.1) is 5.52 Å². The van der Waals surface area contributed by atoms with Crippen molar-refractivity contribution in [3.63, 3.8) is 0 Å². The first-order valence-electron chi connectivity index (χ1n) is 7.49. The fourth-order valence-corrected chi connectivity index (χ4v) is 2.74. The van der Waals surface area contributed by atoms with E-state index in [-0.39, 0.29) is 0 Å². The summed E-state index contributed by atoms with van der Waals surface area (Å²) in [6, 6.07) is 19.0. The van der Waals surface area contributed by atoms with Gasteiger partial charge >= 0.3 is 0 Å². The Labute approximate surface area is 125 Å². The monoisotopic (exact) mass is 276 g/mol. The number of benzene rings is 2. The number of aryl methyl sites for hydroxylation is 1. The standard InChI is InChI=1S/C19H20N2/c1-3-8-15-13-18(20-2)17-12-7-11-16(19(17)21-15)14-9-5-4-6-10-14/h4-7,9-13H,3,8H2,1-2H3,(H,20,21). The molecule has 0 radical (unpaired) electrons. The van der Waals surface area contributed by atoms with Crippen molar-refractivity contribution in [1.29, 1.82) is 0 Å². The van der Waals surface area contributed by atoms with E-state index in [9.17, 15) is 0 Å². The van der Waals surface area contributed by atoms with E-state index in [1.807, 2.05) is 13.1 Å². The minimum absolute atomic E-state index is 1.01. The summed E-state index contributed by atoms with van der Waals surface area (Å²) in [5.41, 5.74) is 5.80. The number of hydrogen-bond donors (Lipinski definition) is 1. The van der Waals surface area contributed by atoms with Crippen LogP contribution in [0.4, 0.5) is 5.69 Å². The summed E-state index contributed by atoms with van der Waals surface area (Å²) in [7, 11) is 1.97. The van der Waals surface area contributed by atoms with Crippen LogP contribution < -0.4 is 5.32 Å². The average Bonchev–Trinajstić information content (AvgIpc) is 2.54. The highest BCUT2D eigenvalue weighted by molar-refractivity contribution is 6.00. The lowest BCUT2D eigenvalue weighted by atomic mass is 10.0. The molecule has 0 unspecified atom stereocenters. The van der Waals surface area contributed by atoms with Crippen molar-refractivity contribution in [3.8, 4) is 11.1 Å². The van der Waals surface area contributed by atoms with Crippen LogP contribution in [-0.4, -0.2) is 12.0 Å². The lowest BCUT2D eigenvalue weighted by Crippen LogP contribution is -1.97. The molecule has 3 aromatic rings. The van der Waals surface area contributed by atoms with Gasteiger partial charge in [-0.3, -0.25) is 4.98 Å². The fourth-order valence-electron chi connectivity index (χ4n) is 2.74. The number of aromatic nitrogens is 1. The molecule has 0 spiro atoms. The van der Waals surface area contributed by atoms with Crippen molar-refractivity contribution in [1.82, 2.24) is 4.98 Å². The molecule has 3 rings (SSSR count). The number of rotatable bonds is 4. The molecule has 0 aliphatic rings. The zero-order chi connectivity index (χ0) is 14.7. The van der Waals surface area contributed by atoms with E-state index in [1.54, 1.807) is 0 Å². The SMILES string of the molecule is CCCc1cc(NC)c2cccc(-c3ccccc3)c2n1. The van der Waals surface area contributed by atoms with Gasteiger partial charge in [-0.05, 0) is 18.1 Å². The molecule has 1 heterocycles. The van der Waals surface area contributed by atoms with Crippen LogP contribution in [0.2, 0.25) is 0 Å². The van der Waals surface area contributed by atoms with Crippen LogP contribution >= 0.6 is 0 Å². The predicted molar refractivity (Wildman–Crippen MR) is 90.7 cm³/mol. The molecule has 0 saturated carbocycles. The summed E-state index contributed by atoms with van der Waals surface area (Å²) in [6.07, 6.45) is 2.11. The first-order chi connectivity index (χ1) is 10.3. The van der Waals surface area contributed by atoms with E-state index >= 15 is 0 Å². The lowest BCUT2D eigenvalue weighted by Gasteiger charge is -2.12. The van der Waals surface area contributed by atoms with Gasteiger partial charge in [0, 0.05) is 29.4 Å². The van der Waals surface area contributed by atoms with E-state index in [4.69, 9.17) is 4.98 Å². The molecule has 0 amide bonds. The highest BCUT2D eigenvalue weighted by Crippen LogP contribution is 2.31. The maximum absolute atomic E-state index is 4.91. The Morgan fingerprint density at radius 2 is 1.81 bits per heavy atom. The van der Waals surface area contributed by atoms with Crippen LogP contribution in [-0.2, 0) is 6.42 Å². The minimum Gasteiger partial charge on any atom is -0.388 e. The Hall–Kier alpha value is -2.35. The van der Waals surface area contributed by atoms with Gasteiger partial charge < -0.3 is 5.32 Å². The van der Waals surface area contributed by atoms with E-state index in [2.05, 4.69) is 60.8 Å². The number of anilines is 1. The molecule has 0 bridgehead atoms. The molecule has 0 saturated heterocycles. The van der Waals surface area contributed by atoms with E-state index in [0.29, 0.717) is 0 Å². The number of nitrogens with zero attached hydrogens (tertiary/aromatic N) is 1. The smallest absolute Gasteiger partial charge is 0.0804 e. The summed E-state index contributed by atoms with van der Waals surface area (Å²) < 4.78 is 0. The Balaban J connectivity index is 2.28. The van der Waals surface area contributed by atoms with Crippen molar-refractivity contribution in [2.45, 2.75) is 19.8 Å². The van der Waals surface area contributed by atoms with Crippen molar-refractivity contribution in [2.75, 3.05) is 12.4 Å². The summed E-state index contributed by atoms with van der Waals surface area (Å²) in [4.78, 5) is 4.91. The molecule has 0 aliphatic heterocycles. The third-order valence-electron chi connectivity index (χ3n) is 3.75. The van der Waals surface area contributed by atoms with Gasteiger partial charge in [0.2, 0.25) is 0 Å². The van der Waals surface area contributed by atoms with Gasteiger partial charge in [0.25, 0.3) is 0 Å². The Morgan fingerprint density at radius 1 is 1.00 bits per heavy atom. The quantitative estimate of drug-likeness (QED) is 0.733. The van der Waals surface area contributed by atoms with E-state index in [1.165, 1.54) is 16.5 Å². The molecular formula is C19H20N2. The number of para-hydroxylation sites is 1. The van der Waals surface area contributed by atoms with Crippen LogP contribution in [0, 0.1) is 0 Å². The van der Waals surface area contributed by atoms with Gasteiger partial charge in [-0.15, -0.1) is 0 Å². The zero-order valence-electron chi connectivity index (χ0n) is 12.6. The molecule has 0 atom stereocenters. The van der Waals surface area contributed by atoms with E-state index < -0.39 is 0 Å². The molecule has 2 heteroatoms. The molecular weight excluding hydrogens is 256 g/mol. The zero-order valence-corrected chi connectivity index (χ0v) is 12.6. The number of pyridine rings is 1. The molecule has 0 fully saturated rings. The molecule has 2 aromatic carbocycles. The minimum atomic E-state index is 1.01. The fraction of sp³-hybridized carbons (Fsp3) is 0.211. The van der Waals surface area contributed by atoms with Crippen molar-refractivity contribution in [3.05, 3.63) is 60.3 Å². The van der Waals surface area contributed by atoms with Crippen LogP contribution in [0.25, 0.3) is 22.0 Å². The van der Waals surface area contributed by atoms with Gasteiger partial charge in [0.15, 0.2) is 0 Å². The molecule has 2 nitrogen and oxygen atoms in total. The molecule has 1 N–H and O–H groups in total. The first-order valence-corrected chi connectivity index (χ1v) is 7.49. The number of nitrogens with one attached hydrogen (secondary N) is 1. The maximum Gasteiger partial charge on any atom is 0.0804 e. The second kappa shape index (κ2) is 5.96.